The fourth-order valence-corrected chi connectivity index (χ4v) is 3.51. The van der Waals surface area contributed by atoms with Crippen LogP contribution in [-0.2, 0) is 16.4 Å². The Labute approximate surface area is 128 Å². The Balaban J connectivity index is 2.66. The highest BCUT2D eigenvalue weighted by molar-refractivity contribution is 9.10. The molecule has 2 rings (SSSR count). The first-order chi connectivity index (χ1) is 9.72. The van der Waals surface area contributed by atoms with Gasteiger partial charge in [0.2, 0.25) is 0 Å². The molecule has 1 fully saturated rings. The lowest BCUT2D eigenvalue weighted by atomic mass is 9.78. The van der Waals surface area contributed by atoms with Crippen molar-refractivity contribution < 1.29 is 27.8 Å². The maximum absolute atomic E-state index is 13.2. The molecule has 3 nitrogen and oxygen atoms in total. The van der Waals surface area contributed by atoms with Crippen molar-refractivity contribution in [2.75, 3.05) is 7.11 Å². The summed E-state index contributed by atoms with van der Waals surface area (Å²) in [5.74, 6) is -1.41. The Morgan fingerprint density at radius 2 is 1.90 bits per heavy atom. The quantitative estimate of drug-likeness (QED) is 0.863. The molecule has 21 heavy (non-hydrogen) atoms. The average Bonchev–Trinajstić information content (AvgIpc) is 2.87. The van der Waals surface area contributed by atoms with Gasteiger partial charge in [-0.2, -0.15) is 13.2 Å². The molecule has 1 aliphatic carbocycles. The monoisotopic (exact) mass is 366 g/mol. The number of carboxylic acids is 1. The summed E-state index contributed by atoms with van der Waals surface area (Å²) in [6.45, 7) is 0. The standard InChI is InChI=1S/C14H14BrF3O3/c1-21-11-9(14(16,17)18)6-8(7-10(11)15)13(12(19)20)4-2-3-5-13/h6-7H,2-5H2,1H3,(H,19,20). The second-order valence-electron chi connectivity index (χ2n) is 5.13. The van der Waals surface area contributed by atoms with E-state index in [2.05, 4.69) is 15.9 Å². The molecule has 1 aromatic carbocycles. The van der Waals surface area contributed by atoms with Crippen molar-refractivity contribution >= 4 is 21.9 Å². The molecule has 0 radical (unpaired) electrons. The molecule has 7 heteroatoms. The normalized spacial score (nSPS) is 17.8. The number of hydrogen-bond acceptors (Lipinski definition) is 2. The van der Waals surface area contributed by atoms with Gasteiger partial charge in [-0.3, -0.25) is 4.79 Å². The van der Waals surface area contributed by atoms with Gasteiger partial charge < -0.3 is 9.84 Å². The average molecular weight is 367 g/mol. The fourth-order valence-electron chi connectivity index (χ4n) is 2.89. The number of alkyl halides is 3. The maximum atomic E-state index is 13.2. The first-order valence-electron chi connectivity index (χ1n) is 6.41. The third-order valence-corrected chi connectivity index (χ3v) is 4.56. The summed E-state index contributed by atoms with van der Waals surface area (Å²) in [6, 6.07) is 2.33. The van der Waals surface area contributed by atoms with Crippen LogP contribution in [0.4, 0.5) is 13.2 Å². The zero-order valence-electron chi connectivity index (χ0n) is 11.3. The highest BCUT2D eigenvalue weighted by Crippen LogP contribution is 2.47. The number of methoxy groups -OCH3 is 1. The number of halogens is 4. The number of rotatable bonds is 3. The molecule has 1 N–H and O–H groups in total. The van der Waals surface area contributed by atoms with E-state index in [9.17, 15) is 23.1 Å². The minimum Gasteiger partial charge on any atom is -0.495 e. The Morgan fingerprint density at radius 1 is 1.33 bits per heavy atom. The van der Waals surface area contributed by atoms with Gasteiger partial charge in [0.1, 0.15) is 5.75 Å². The Bertz CT molecular complexity index is 563. The van der Waals surface area contributed by atoms with Crippen molar-refractivity contribution in [2.24, 2.45) is 0 Å². The van der Waals surface area contributed by atoms with Gasteiger partial charge in [-0.15, -0.1) is 0 Å². The number of benzene rings is 1. The number of ether oxygens (including phenoxy) is 1. The highest BCUT2D eigenvalue weighted by atomic mass is 79.9. The summed E-state index contributed by atoms with van der Waals surface area (Å²) in [4.78, 5) is 11.6. The topological polar surface area (TPSA) is 46.5 Å². The molecular weight excluding hydrogens is 353 g/mol. The zero-order chi connectivity index (χ0) is 15.8. The SMILES string of the molecule is COc1c(Br)cc(C2(C(=O)O)CCCC2)cc1C(F)(F)F. The molecule has 0 aromatic heterocycles. The minimum absolute atomic E-state index is 0.113. The number of carboxylic acid groups (broad SMARTS) is 1. The van der Waals surface area contributed by atoms with Crippen LogP contribution in [-0.4, -0.2) is 18.2 Å². The van der Waals surface area contributed by atoms with Gasteiger partial charge in [-0.05, 0) is 46.5 Å². The molecular formula is C14H14BrF3O3. The van der Waals surface area contributed by atoms with E-state index in [1.165, 1.54) is 6.07 Å². The number of hydrogen-bond donors (Lipinski definition) is 1. The van der Waals surface area contributed by atoms with E-state index in [4.69, 9.17) is 4.74 Å². The lowest BCUT2D eigenvalue weighted by molar-refractivity contribution is -0.144. The van der Waals surface area contributed by atoms with Crippen LogP contribution in [0.15, 0.2) is 16.6 Å². The second-order valence-corrected chi connectivity index (χ2v) is 5.99. The largest absolute Gasteiger partial charge is 0.495 e. The van der Waals surface area contributed by atoms with Crippen LogP contribution in [0.1, 0.15) is 36.8 Å². The molecule has 1 aromatic rings. The minimum atomic E-state index is -4.61. The van der Waals surface area contributed by atoms with Crippen molar-refractivity contribution in [1.82, 2.24) is 0 Å². The first-order valence-corrected chi connectivity index (χ1v) is 7.20. The van der Waals surface area contributed by atoms with Crippen molar-refractivity contribution in [2.45, 2.75) is 37.3 Å². The molecule has 0 bridgehead atoms. The Hall–Kier alpha value is -1.24. The molecule has 0 heterocycles. The van der Waals surface area contributed by atoms with Gasteiger partial charge in [0.05, 0.1) is 22.6 Å². The smallest absolute Gasteiger partial charge is 0.420 e. The van der Waals surface area contributed by atoms with Gasteiger partial charge >= 0.3 is 12.1 Å². The summed E-state index contributed by atoms with van der Waals surface area (Å²) < 4.78 is 44.4. The number of carbonyl (C=O) groups is 1. The lowest BCUT2D eigenvalue weighted by Gasteiger charge is -2.26. The van der Waals surface area contributed by atoms with Crippen molar-refractivity contribution in [3.63, 3.8) is 0 Å². The molecule has 1 aliphatic rings. The third-order valence-electron chi connectivity index (χ3n) is 3.97. The summed E-state index contributed by atoms with van der Waals surface area (Å²) in [5, 5.41) is 9.50. The van der Waals surface area contributed by atoms with Crippen molar-refractivity contribution in [1.29, 1.82) is 0 Å². The van der Waals surface area contributed by atoms with Gasteiger partial charge in [-0.25, -0.2) is 0 Å². The van der Waals surface area contributed by atoms with Gasteiger partial charge in [0, 0.05) is 0 Å². The number of aliphatic carboxylic acids is 1. The zero-order valence-corrected chi connectivity index (χ0v) is 12.8. The molecule has 0 amide bonds. The van der Waals surface area contributed by atoms with Crippen LogP contribution in [0.25, 0.3) is 0 Å². The maximum Gasteiger partial charge on any atom is 0.420 e. The van der Waals surface area contributed by atoms with E-state index in [1.807, 2.05) is 0 Å². The van der Waals surface area contributed by atoms with E-state index in [-0.39, 0.29) is 15.8 Å². The van der Waals surface area contributed by atoms with Crippen LogP contribution in [0.2, 0.25) is 0 Å². The fraction of sp³-hybridized carbons (Fsp3) is 0.500. The van der Waals surface area contributed by atoms with Crippen LogP contribution < -0.4 is 4.74 Å². The molecule has 0 spiro atoms. The molecule has 1 saturated carbocycles. The van der Waals surface area contributed by atoms with Crippen LogP contribution in [0.5, 0.6) is 5.75 Å². The highest BCUT2D eigenvalue weighted by Gasteiger charge is 2.45. The van der Waals surface area contributed by atoms with Crippen LogP contribution in [0, 0.1) is 0 Å². The third kappa shape index (κ3) is 2.75. The van der Waals surface area contributed by atoms with Crippen LogP contribution in [0.3, 0.4) is 0 Å². The van der Waals surface area contributed by atoms with Crippen molar-refractivity contribution in [3.8, 4) is 5.75 Å². The van der Waals surface area contributed by atoms with E-state index < -0.39 is 23.1 Å². The van der Waals surface area contributed by atoms with E-state index in [1.54, 1.807) is 0 Å². The van der Waals surface area contributed by atoms with E-state index in [0.717, 1.165) is 13.2 Å². The summed E-state index contributed by atoms with van der Waals surface area (Å²) >= 11 is 3.05. The Morgan fingerprint density at radius 3 is 2.33 bits per heavy atom. The van der Waals surface area contributed by atoms with E-state index >= 15 is 0 Å². The predicted molar refractivity (Wildman–Crippen MR) is 73.5 cm³/mol. The molecule has 116 valence electrons. The summed E-state index contributed by atoms with van der Waals surface area (Å²) in [5.41, 5.74) is -2.02. The van der Waals surface area contributed by atoms with Gasteiger partial charge in [0.25, 0.3) is 0 Å². The molecule has 0 aliphatic heterocycles. The van der Waals surface area contributed by atoms with Gasteiger partial charge in [-0.1, -0.05) is 12.8 Å². The lowest BCUT2D eigenvalue weighted by Crippen LogP contribution is -2.33. The summed E-state index contributed by atoms with van der Waals surface area (Å²) in [6.07, 6.45) is -2.53. The predicted octanol–water partition coefficient (Wildman–Crippen LogP) is 4.37. The van der Waals surface area contributed by atoms with Gasteiger partial charge in [0.15, 0.2) is 0 Å². The Kier molecular flexibility index (Phi) is 4.24. The first kappa shape index (κ1) is 16.1. The summed E-state index contributed by atoms with van der Waals surface area (Å²) in [7, 11) is 1.15. The van der Waals surface area contributed by atoms with E-state index in [0.29, 0.717) is 25.7 Å². The molecule has 0 unspecified atom stereocenters. The molecule has 0 saturated heterocycles. The molecule has 0 atom stereocenters. The van der Waals surface area contributed by atoms with Crippen LogP contribution >= 0.6 is 15.9 Å². The second kappa shape index (κ2) is 5.51. The van der Waals surface area contributed by atoms with Crippen molar-refractivity contribution in [3.05, 3.63) is 27.7 Å².